The third kappa shape index (κ3) is 4.41. The topological polar surface area (TPSA) is 20.3 Å². The van der Waals surface area contributed by atoms with Crippen molar-refractivity contribution < 1.29 is 9.18 Å². The average Bonchev–Trinajstić information content (AvgIpc) is 2.70. The van der Waals surface area contributed by atoms with Gasteiger partial charge in [0.2, 0.25) is 0 Å². The second kappa shape index (κ2) is 7.53. The molecule has 0 amide bonds. The lowest BCUT2D eigenvalue weighted by Gasteiger charge is -2.26. The Morgan fingerprint density at radius 2 is 1.85 bits per heavy atom. The van der Waals surface area contributed by atoms with E-state index in [1.54, 1.807) is 18.2 Å². The molecule has 0 unspecified atom stereocenters. The van der Waals surface area contributed by atoms with Crippen molar-refractivity contribution in [3.05, 3.63) is 35.6 Å². The van der Waals surface area contributed by atoms with E-state index in [9.17, 15) is 9.18 Å². The first-order valence-corrected chi connectivity index (χ1v) is 7.62. The number of halogens is 1. The van der Waals surface area contributed by atoms with Crippen LogP contribution in [0, 0.1) is 5.82 Å². The number of hydrogen-bond donors (Lipinski definition) is 0. The summed E-state index contributed by atoms with van der Waals surface area (Å²) in [6.45, 7) is 0.430. The Balaban J connectivity index is 1.85. The van der Waals surface area contributed by atoms with Gasteiger partial charge in [0, 0.05) is 12.5 Å². The minimum Gasteiger partial charge on any atom is -0.298 e. The highest BCUT2D eigenvalue weighted by molar-refractivity contribution is 5.82. The van der Waals surface area contributed by atoms with Crippen molar-refractivity contribution in [3.8, 4) is 0 Å². The standard InChI is InChI=1S/C17H24FNO/c1-19(15-9-4-2-3-5-10-15)13-16(20)12-14-8-6-7-11-17(14)18/h6-8,11,15H,2-5,9-10,12-13H2,1H3. The van der Waals surface area contributed by atoms with Crippen LogP contribution in [-0.4, -0.2) is 30.3 Å². The van der Waals surface area contributed by atoms with Crippen LogP contribution in [0.15, 0.2) is 24.3 Å². The maximum atomic E-state index is 13.5. The van der Waals surface area contributed by atoms with Crippen molar-refractivity contribution >= 4 is 5.78 Å². The van der Waals surface area contributed by atoms with Crippen molar-refractivity contribution in [2.45, 2.75) is 51.0 Å². The number of rotatable bonds is 5. The van der Waals surface area contributed by atoms with Gasteiger partial charge in [0.25, 0.3) is 0 Å². The summed E-state index contributed by atoms with van der Waals surface area (Å²) in [5, 5.41) is 0. The number of ketones is 1. The van der Waals surface area contributed by atoms with E-state index in [0.29, 0.717) is 18.2 Å². The summed E-state index contributed by atoms with van der Waals surface area (Å²) in [4.78, 5) is 14.3. The summed E-state index contributed by atoms with van der Waals surface area (Å²) in [5.41, 5.74) is 0.506. The fourth-order valence-electron chi connectivity index (χ4n) is 3.02. The van der Waals surface area contributed by atoms with E-state index >= 15 is 0 Å². The van der Waals surface area contributed by atoms with Gasteiger partial charge in [0.15, 0.2) is 5.78 Å². The van der Waals surface area contributed by atoms with E-state index in [2.05, 4.69) is 4.90 Å². The molecule has 2 nitrogen and oxygen atoms in total. The van der Waals surface area contributed by atoms with E-state index in [-0.39, 0.29) is 18.0 Å². The van der Waals surface area contributed by atoms with Crippen molar-refractivity contribution in [1.29, 1.82) is 0 Å². The molecule has 0 spiro atoms. The molecule has 20 heavy (non-hydrogen) atoms. The van der Waals surface area contributed by atoms with E-state index < -0.39 is 0 Å². The molecule has 1 aromatic rings. The lowest BCUT2D eigenvalue weighted by atomic mass is 10.1. The van der Waals surface area contributed by atoms with Crippen LogP contribution in [0.5, 0.6) is 0 Å². The van der Waals surface area contributed by atoms with Gasteiger partial charge in [-0.3, -0.25) is 9.69 Å². The molecule has 0 radical (unpaired) electrons. The molecular formula is C17H24FNO. The Bertz CT molecular complexity index is 438. The summed E-state index contributed by atoms with van der Waals surface area (Å²) in [6.07, 6.45) is 7.71. The largest absolute Gasteiger partial charge is 0.298 e. The maximum absolute atomic E-state index is 13.5. The first-order valence-electron chi connectivity index (χ1n) is 7.62. The number of likely N-dealkylation sites (N-methyl/N-ethyl adjacent to an activating group) is 1. The lowest BCUT2D eigenvalue weighted by Crippen LogP contribution is -2.36. The average molecular weight is 277 g/mol. The van der Waals surface area contributed by atoms with Crippen LogP contribution in [0.1, 0.15) is 44.1 Å². The molecule has 1 aliphatic rings. The second-order valence-electron chi connectivity index (χ2n) is 5.87. The molecule has 0 bridgehead atoms. The first-order chi connectivity index (χ1) is 9.66. The fourth-order valence-corrected chi connectivity index (χ4v) is 3.02. The van der Waals surface area contributed by atoms with Crippen LogP contribution in [0.25, 0.3) is 0 Å². The number of carbonyl (C=O) groups excluding carboxylic acids is 1. The van der Waals surface area contributed by atoms with Gasteiger partial charge in [-0.05, 0) is 31.5 Å². The van der Waals surface area contributed by atoms with Gasteiger partial charge >= 0.3 is 0 Å². The Morgan fingerprint density at radius 1 is 1.20 bits per heavy atom. The Hall–Kier alpha value is -1.22. The Kier molecular flexibility index (Phi) is 5.72. The molecule has 0 aliphatic heterocycles. The third-order valence-electron chi connectivity index (χ3n) is 4.22. The van der Waals surface area contributed by atoms with Crippen LogP contribution in [0.3, 0.4) is 0 Å². The van der Waals surface area contributed by atoms with Gasteiger partial charge in [0.1, 0.15) is 5.82 Å². The predicted molar refractivity (Wildman–Crippen MR) is 79.2 cm³/mol. The van der Waals surface area contributed by atoms with Gasteiger partial charge in [-0.25, -0.2) is 4.39 Å². The summed E-state index contributed by atoms with van der Waals surface area (Å²) in [5.74, 6) is -0.181. The van der Waals surface area contributed by atoms with Crippen LogP contribution in [-0.2, 0) is 11.2 Å². The monoisotopic (exact) mass is 277 g/mol. The molecule has 0 N–H and O–H groups in total. The highest BCUT2D eigenvalue weighted by Gasteiger charge is 2.19. The highest BCUT2D eigenvalue weighted by Crippen LogP contribution is 2.21. The fraction of sp³-hybridized carbons (Fsp3) is 0.588. The number of benzene rings is 1. The van der Waals surface area contributed by atoms with Gasteiger partial charge in [-0.1, -0.05) is 43.9 Å². The minimum atomic E-state index is -0.280. The SMILES string of the molecule is CN(CC(=O)Cc1ccccc1F)C1CCCCCC1. The van der Waals surface area contributed by atoms with Crippen LogP contribution in [0.4, 0.5) is 4.39 Å². The van der Waals surface area contributed by atoms with Crippen molar-refractivity contribution in [1.82, 2.24) is 4.90 Å². The number of nitrogens with zero attached hydrogens (tertiary/aromatic N) is 1. The molecule has 1 aliphatic carbocycles. The molecular weight excluding hydrogens is 253 g/mol. The van der Waals surface area contributed by atoms with E-state index in [1.807, 2.05) is 7.05 Å². The first kappa shape index (κ1) is 15.2. The zero-order valence-electron chi connectivity index (χ0n) is 12.3. The molecule has 110 valence electrons. The highest BCUT2D eigenvalue weighted by atomic mass is 19.1. The molecule has 3 heteroatoms. The maximum Gasteiger partial charge on any atom is 0.151 e. The van der Waals surface area contributed by atoms with E-state index in [4.69, 9.17) is 0 Å². The lowest BCUT2D eigenvalue weighted by molar-refractivity contribution is -0.119. The van der Waals surface area contributed by atoms with Gasteiger partial charge in [-0.2, -0.15) is 0 Å². The smallest absolute Gasteiger partial charge is 0.151 e. The Labute approximate surface area is 121 Å². The number of hydrogen-bond acceptors (Lipinski definition) is 2. The zero-order chi connectivity index (χ0) is 14.4. The van der Waals surface area contributed by atoms with Crippen LogP contribution in [0.2, 0.25) is 0 Å². The van der Waals surface area contributed by atoms with Gasteiger partial charge in [0.05, 0.1) is 6.54 Å². The zero-order valence-corrected chi connectivity index (χ0v) is 12.3. The molecule has 0 aromatic heterocycles. The van der Waals surface area contributed by atoms with E-state index in [0.717, 1.165) is 0 Å². The molecule has 0 atom stereocenters. The van der Waals surface area contributed by atoms with Crippen LogP contribution >= 0.6 is 0 Å². The molecule has 2 rings (SSSR count). The van der Waals surface area contributed by atoms with Crippen molar-refractivity contribution in [2.24, 2.45) is 0 Å². The second-order valence-corrected chi connectivity index (χ2v) is 5.87. The third-order valence-corrected chi connectivity index (χ3v) is 4.22. The molecule has 0 saturated heterocycles. The number of carbonyl (C=O) groups is 1. The minimum absolute atomic E-state index is 0.0989. The summed E-state index contributed by atoms with van der Waals surface area (Å²) in [7, 11) is 2.02. The van der Waals surface area contributed by atoms with Gasteiger partial charge in [-0.15, -0.1) is 0 Å². The molecule has 1 aromatic carbocycles. The van der Waals surface area contributed by atoms with Crippen molar-refractivity contribution in [2.75, 3.05) is 13.6 Å². The van der Waals surface area contributed by atoms with Crippen LogP contribution < -0.4 is 0 Å². The molecule has 1 saturated carbocycles. The predicted octanol–water partition coefficient (Wildman–Crippen LogP) is 3.59. The summed E-state index contributed by atoms with van der Waals surface area (Å²) in [6, 6.07) is 7.06. The quantitative estimate of drug-likeness (QED) is 0.767. The number of Topliss-reactive ketones (excluding diaryl/α,β-unsaturated/α-hetero) is 1. The van der Waals surface area contributed by atoms with Gasteiger partial charge < -0.3 is 0 Å². The molecule has 1 fully saturated rings. The van der Waals surface area contributed by atoms with E-state index in [1.165, 1.54) is 44.6 Å². The Morgan fingerprint density at radius 3 is 2.50 bits per heavy atom. The van der Waals surface area contributed by atoms with Crippen molar-refractivity contribution in [3.63, 3.8) is 0 Å². The normalized spacial score (nSPS) is 17.1. The summed E-state index contributed by atoms with van der Waals surface area (Å²) < 4.78 is 13.5. The summed E-state index contributed by atoms with van der Waals surface area (Å²) >= 11 is 0. The molecule has 0 heterocycles.